The third-order valence-electron chi connectivity index (χ3n) is 3.96. The molecule has 0 aromatic carbocycles. The normalized spacial score (nSPS) is 31.4. The maximum absolute atomic E-state index is 3.53. The molecule has 0 amide bonds. The summed E-state index contributed by atoms with van der Waals surface area (Å²) in [4.78, 5) is 2.63. The number of hydrogen-bond donors (Lipinski definition) is 1. The van der Waals surface area contributed by atoms with E-state index < -0.39 is 0 Å². The van der Waals surface area contributed by atoms with Crippen LogP contribution in [0.15, 0.2) is 0 Å². The van der Waals surface area contributed by atoms with Crippen molar-refractivity contribution < 1.29 is 0 Å². The Labute approximate surface area is 94.4 Å². The highest BCUT2D eigenvalue weighted by molar-refractivity contribution is 4.81. The van der Waals surface area contributed by atoms with Gasteiger partial charge >= 0.3 is 0 Å². The summed E-state index contributed by atoms with van der Waals surface area (Å²) in [6.45, 7) is 8.78. The predicted octanol–water partition coefficient (Wildman–Crippen LogP) is 1.92. The molecule has 2 heterocycles. The van der Waals surface area contributed by atoms with Gasteiger partial charge < -0.3 is 10.2 Å². The van der Waals surface area contributed by atoms with Crippen molar-refractivity contribution in [2.75, 3.05) is 32.7 Å². The number of piperidine rings is 2. The third kappa shape index (κ3) is 3.46. The van der Waals surface area contributed by atoms with Gasteiger partial charge in [0.15, 0.2) is 0 Å². The molecule has 1 N–H and O–H groups in total. The highest BCUT2D eigenvalue weighted by Gasteiger charge is 2.22. The molecule has 0 saturated carbocycles. The summed E-state index contributed by atoms with van der Waals surface area (Å²) >= 11 is 0. The van der Waals surface area contributed by atoms with Gasteiger partial charge in [-0.3, -0.25) is 0 Å². The quantitative estimate of drug-likeness (QED) is 0.764. The van der Waals surface area contributed by atoms with Crippen LogP contribution < -0.4 is 5.32 Å². The SMILES string of the molecule is CC(CN1C[CH]CCC1)C1CCCNC1. The molecular weight excluding hydrogens is 184 g/mol. The van der Waals surface area contributed by atoms with Crippen LogP contribution in [0.25, 0.3) is 0 Å². The Balaban J connectivity index is 1.72. The van der Waals surface area contributed by atoms with Crippen molar-refractivity contribution in [2.24, 2.45) is 11.8 Å². The van der Waals surface area contributed by atoms with Crippen LogP contribution in [0.3, 0.4) is 0 Å². The predicted molar refractivity (Wildman–Crippen MR) is 64.7 cm³/mol. The third-order valence-corrected chi connectivity index (χ3v) is 3.96. The van der Waals surface area contributed by atoms with Crippen molar-refractivity contribution in [3.63, 3.8) is 0 Å². The standard InChI is InChI=1S/C13H25N2/c1-12(13-6-5-7-14-10-13)11-15-8-3-2-4-9-15/h3,12-14H,2,4-11H2,1H3. The van der Waals surface area contributed by atoms with Crippen LogP contribution >= 0.6 is 0 Å². The summed E-state index contributed by atoms with van der Waals surface area (Å²) in [5.41, 5.74) is 0. The molecule has 2 nitrogen and oxygen atoms in total. The molecule has 2 unspecified atom stereocenters. The van der Waals surface area contributed by atoms with E-state index >= 15 is 0 Å². The Bertz CT molecular complexity index is 169. The average molecular weight is 209 g/mol. The number of hydrogen-bond acceptors (Lipinski definition) is 2. The van der Waals surface area contributed by atoms with Crippen LogP contribution in [0.5, 0.6) is 0 Å². The van der Waals surface area contributed by atoms with Crippen molar-refractivity contribution in [1.82, 2.24) is 10.2 Å². The molecule has 2 aliphatic heterocycles. The second kappa shape index (κ2) is 5.86. The summed E-state index contributed by atoms with van der Waals surface area (Å²) in [5.74, 6) is 1.78. The van der Waals surface area contributed by atoms with Gasteiger partial charge in [-0.2, -0.15) is 0 Å². The molecule has 0 aromatic rings. The van der Waals surface area contributed by atoms with Crippen LogP contribution in [0.1, 0.15) is 32.6 Å². The average Bonchev–Trinajstić information content (AvgIpc) is 2.31. The minimum Gasteiger partial charge on any atom is -0.316 e. The van der Waals surface area contributed by atoms with Gasteiger partial charge in [0.05, 0.1) is 0 Å². The zero-order valence-corrected chi connectivity index (χ0v) is 10.0. The van der Waals surface area contributed by atoms with E-state index in [1.54, 1.807) is 0 Å². The first-order chi connectivity index (χ1) is 7.36. The van der Waals surface area contributed by atoms with Crippen molar-refractivity contribution >= 4 is 0 Å². The van der Waals surface area contributed by atoms with E-state index in [4.69, 9.17) is 0 Å². The van der Waals surface area contributed by atoms with Crippen LogP contribution in [0.2, 0.25) is 0 Å². The number of rotatable bonds is 3. The van der Waals surface area contributed by atoms with Crippen LogP contribution in [-0.4, -0.2) is 37.6 Å². The van der Waals surface area contributed by atoms with E-state index in [0.717, 1.165) is 11.8 Å². The topological polar surface area (TPSA) is 15.3 Å². The van der Waals surface area contributed by atoms with E-state index in [2.05, 4.69) is 23.6 Å². The fourth-order valence-electron chi connectivity index (χ4n) is 2.91. The first-order valence-corrected chi connectivity index (χ1v) is 6.61. The van der Waals surface area contributed by atoms with Crippen molar-refractivity contribution in [1.29, 1.82) is 0 Å². The molecule has 0 bridgehead atoms. The number of nitrogens with one attached hydrogen (secondary N) is 1. The fraction of sp³-hybridized carbons (Fsp3) is 0.923. The fourth-order valence-corrected chi connectivity index (χ4v) is 2.91. The van der Waals surface area contributed by atoms with Crippen LogP contribution in [0, 0.1) is 18.3 Å². The van der Waals surface area contributed by atoms with Gasteiger partial charge in [0, 0.05) is 13.1 Å². The minimum absolute atomic E-state index is 0.865. The molecule has 2 atom stereocenters. The van der Waals surface area contributed by atoms with E-state index in [-0.39, 0.29) is 0 Å². The lowest BCUT2D eigenvalue weighted by molar-refractivity contribution is 0.176. The molecule has 87 valence electrons. The van der Waals surface area contributed by atoms with Gasteiger partial charge in [-0.25, -0.2) is 0 Å². The molecule has 2 saturated heterocycles. The number of likely N-dealkylation sites (tertiary alicyclic amines) is 1. The first-order valence-electron chi connectivity index (χ1n) is 6.61. The summed E-state index contributed by atoms with van der Waals surface area (Å²) in [5, 5.41) is 3.53. The Kier molecular flexibility index (Phi) is 4.45. The first kappa shape index (κ1) is 11.4. The van der Waals surface area contributed by atoms with Gasteiger partial charge in [-0.15, -0.1) is 0 Å². The summed E-state index contributed by atoms with van der Waals surface area (Å²) in [6.07, 6.45) is 7.95. The molecule has 1 radical (unpaired) electrons. The summed E-state index contributed by atoms with van der Waals surface area (Å²) in [7, 11) is 0. The molecule has 2 rings (SSSR count). The van der Waals surface area contributed by atoms with E-state index in [1.807, 2.05) is 0 Å². The Morgan fingerprint density at radius 1 is 1.47 bits per heavy atom. The lowest BCUT2D eigenvalue weighted by atomic mass is 9.87. The van der Waals surface area contributed by atoms with Crippen molar-refractivity contribution in [3.8, 4) is 0 Å². The lowest BCUT2D eigenvalue weighted by Gasteiger charge is -2.34. The Morgan fingerprint density at radius 3 is 3.07 bits per heavy atom. The number of nitrogens with zero attached hydrogens (tertiary/aromatic N) is 1. The van der Waals surface area contributed by atoms with Crippen LogP contribution in [0.4, 0.5) is 0 Å². The second-order valence-electron chi connectivity index (χ2n) is 5.27. The van der Waals surface area contributed by atoms with Gasteiger partial charge in [0.1, 0.15) is 0 Å². The summed E-state index contributed by atoms with van der Waals surface area (Å²) < 4.78 is 0. The molecule has 2 heteroatoms. The molecule has 0 aliphatic carbocycles. The Morgan fingerprint density at radius 2 is 2.40 bits per heavy atom. The largest absolute Gasteiger partial charge is 0.316 e. The summed E-state index contributed by atoms with van der Waals surface area (Å²) in [6, 6.07) is 0. The molecule has 2 fully saturated rings. The van der Waals surface area contributed by atoms with Gasteiger partial charge in [0.2, 0.25) is 0 Å². The zero-order chi connectivity index (χ0) is 10.5. The van der Waals surface area contributed by atoms with E-state index in [1.165, 1.54) is 58.4 Å². The van der Waals surface area contributed by atoms with E-state index in [9.17, 15) is 0 Å². The molecule has 0 spiro atoms. The van der Waals surface area contributed by atoms with Gasteiger partial charge in [0.25, 0.3) is 0 Å². The second-order valence-corrected chi connectivity index (χ2v) is 5.27. The molecule has 15 heavy (non-hydrogen) atoms. The monoisotopic (exact) mass is 209 g/mol. The Hall–Kier alpha value is -0.0800. The smallest absolute Gasteiger partial charge is 0.00129 e. The minimum atomic E-state index is 0.865. The van der Waals surface area contributed by atoms with Crippen molar-refractivity contribution in [3.05, 3.63) is 6.42 Å². The lowest BCUT2D eigenvalue weighted by Crippen LogP contribution is -2.40. The zero-order valence-electron chi connectivity index (χ0n) is 10.0. The van der Waals surface area contributed by atoms with E-state index in [0.29, 0.717) is 0 Å². The molecular formula is C13H25N2. The van der Waals surface area contributed by atoms with Gasteiger partial charge in [-0.05, 0) is 63.6 Å². The molecule has 0 aromatic heterocycles. The van der Waals surface area contributed by atoms with Crippen LogP contribution in [-0.2, 0) is 0 Å². The maximum atomic E-state index is 3.53. The van der Waals surface area contributed by atoms with Gasteiger partial charge in [-0.1, -0.05) is 6.92 Å². The highest BCUT2D eigenvalue weighted by Crippen LogP contribution is 2.21. The van der Waals surface area contributed by atoms with Crippen molar-refractivity contribution in [2.45, 2.75) is 32.6 Å². The maximum Gasteiger partial charge on any atom is 0.00129 e. The molecule has 2 aliphatic rings. The highest BCUT2D eigenvalue weighted by atomic mass is 15.1.